The zero-order chi connectivity index (χ0) is 15.8. The number of hydrogen-bond acceptors (Lipinski definition) is 4. The molecule has 0 aliphatic rings. The standard InChI is InChI=1S/C14H20N4O2S/c1-9-7-12(15)11(3)14(10(9)2)21(19,20)17-8-13-16-5-6-18(13)4/h5-7,17H,8,15H2,1-4H3. The first kappa shape index (κ1) is 15.5. The minimum atomic E-state index is -3.64. The van der Waals surface area contributed by atoms with E-state index in [1.54, 1.807) is 36.9 Å². The zero-order valence-corrected chi connectivity index (χ0v) is 13.5. The fourth-order valence-electron chi connectivity index (χ4n) is 2.24. The molecule has 0 spiro atoms. The Morgan fingerprint density at radius 1 is 1.29 bits per heavy atom. The summed E-state index contributed by atoms with van der Waals surface area (Å²) in [4.78, 5) is 4.36. The van der Waals surface area contributed by atoms with Crippen LogP contribution in [0.3, 0.4) is 0 Å². The molecule has 7 heteroatoms. The van der Waals surface area contributed by atoms with E-state index in [-0.39, 0.29) is 11.4 Å². The van der Waals surface area contributed by atoms with E-state index in [0.717, 1.165) is 5.56 Å². The first-order valence-corrected chi connectivity index (χ1v) is 8.04. The van der Waals surface area contributed by atoms with E-state index in [1.165, 1.54) is 0 Å². The van der Waals surface area contributed by atoms with Crippen LogP contribution in [0.25, 0.3) is 0 Å². The maximum atomic E-state index is 12.6. The van der Waals surface area contributed by atoms with Crippen LogP contribution in [0.5, 0.6) is 0 Å². The quantitative estimate of drug-likeness (QED) is 0.836. The number of rotatable bonds is 4. The molecule has 0 unspecified atom stereocenters. The monoisotopic (exact) mass is 308 g/mol. The van der Waals surface area contributed by atoms with Gasteiger partial charge in [0.1, 0.15) is 5.82 Å². The van der Waals surface area contributed by atoms with Crippen molar-refractivity contribution in [2.75, 3.05) is 5.73 Å². The van der Waals surface area contributed by atoms with E-state index in [2.05, 4.69) is 9.71 Å². The van der Waals surface area contributed by atoms with Crippen LogP contribution in [0.1, 0.15) is 22.5 Å². The number of aryl methyl sites for hydroxylation is 2. The third-order valence-corrected chi connectivity index (χ3v) is 5.36. The van der Waals surface area contributed by atoms with Gasteiger partial charge in [0.25, 0.3) is 0 Å². The Hall–Kier alpha value is -1.86. The molecule has 0 fully saturated rings. The molecule has 0 radical (unpaired) electrons. The molecule has 1 aromatic carbocycles. The van der Waals surface area contributed by atoms with E-state index in [4.69, 9.17) is 5.73 Å². The van der Waals surface area contributed by atoms with Crippen molar-refractivity contribution in [1.29, 1.82) is 0 Å². The number of aromatic nitrogens is 2. The number of benzene rings is 1. The van der Waals surface area contributed by atoms with Crippen LogP contribution in [-0.4, -0.2) is 18.0 Å². The second-order valence-corrected chi connectivity index (χ2v) is 6.84. The topological polar surface area (TPSA) is 90.0 Å². The molecule has 2 aromatic rings. The summed E-state index contributed by atoms with van der Waals surface area (Å²) < 4.78 is 29.5. The lowest BCUT2D eigenvalue weighted by Gasteiger charge is -2.15. The summed E-state index contributed by atoms with van der Waals surface area (Å²) >= 11 is 0. The van der Waals surface area contributed by atoms with Gasteiger partial charge in [-0.05, 0) is 43.5 Å². The van der Waals surface area contributed by atoms with Crippen LogP contribution in [0.2, 0.25) is 0 Å². The highest BCUT2D eigenvalue weighted by Crippen LogP contribution is 2.27. The van der Waals surface area contributed by atoms with Crippen molar-refractivity contribution in [3.63, 3.8) is 0 Å². The fourth-order valence-corrected chi connectivity index (χ4v) is 3.79. The van der Waals surface area contributed by atoms with Crippen LogP contribution in [-0.2, 0) is 23.6 Å². The summed E-state index contributed by atoms with van der Waals surface area (Å²) in [6.07, 6.45) is 3.40. The number of anilines is 1. The molecule has 114 valence electrons. The van der Waals surface area contributed by atoms with Gasteiger partial charge in [-0.3, -0.25) is 0 Å². The van der Waals surface area contributed by atoms with Gasteiger partial charge >= 0.3 is 0 Å². The average Bonchev–Trinajstić information content (AvgIpc) is 2.80. The van der Waals surface area contributed by atoms with Crippen LogP contribution in [0.4, 0.5) is 5.69 Å². The molecule has 6 nitrogen and oxygen atoms in total. The number of imidazole rings is 1. The van der Waals surface area contributed by atoms with Gasteiger partial charge in [-0.2, -0.15) is 0 Å². The molecule has 3 N–H and O–H groups in total. The van der Waals surface area contributed by atoms with Gasteiger partial charge in [0.2, 0.25) is 10.0 Å². The van der Waals surface area contributed by atoms with Gasteiger partial charge in [-0.25, -0.2) is 18.1 Å². The molecular weight excluding hydrogens is 288 g/mol. The lowest BCUT2D eigenvalue weighted by molar-refractivity contribution is 0.576. The molecule has 21 heavy (non-hydrogen) atoms. The Bertz CT molecular complexity index is 752. The predicted octanol–water partition coefficient (Wildman–Crippen LogP) is 1.41. The number of nitrogens with zero attached hydrogens (tertiary/aromatic N) is 2. The Morgan fingerprint density at radius 2 is 1.95 bits per heavy atom. The van der Waals surface area contributed by atoms with E-state index in [0.29, 0.717) is 22.6 Å². The lowest BCUT2D eigenvalue weighted by atomic mass is 10.1. The highest BCUT2D eigenvalue weighted by Gasteiger charge is 2.22. The van der Waals surface area contributed by atoms with Crippen molar-refractivity contribution in [3.05, 3.63) is 41.0 Å². The van der Waals surface area contributed by atoms with Gasteiger partial charge in [-0.1, -0.05) is 0 Å². The van der Waals surface area contributed by atoms with Crippen LogP contribution < -0.4 is 10.5 Å². The number of hydrogen-bond donors (Lipinski definition) is 2. The van der Waals surface area contributed by atoms with Crippen molar-refractivity contribution in [1.82, 2.24) is 14.3 Å². The second kappa shape index (κ2) is 5.50. The Kier molecular flexibility index (Phi) is 4.06. The molecule has 0 aliphatic heterocycles. The molecule has 0 atom stereocenters. The Labute approximate surface area is 125 Å². The average molecular weight is 308 g/mol. The summed E-state index contributed by atoms with van der Waals surface area (Å²) in [6.45, 7) is 5.50. The SMILES string of the molecule is Cc1cc(N)c(C)c(S(=O)(=O)NCc2nccn2C)c1C. The summed E-state index contributed by atoms with van der Waals surface area (Å²) in [5, 5.41) is 0. The summed E-state index contributed by atoms with van der Waals surface area (Å²) in [5.41, 5.74) is 8.52. The predicted molar refractivity (Wildman–Crippen MR) is 82.3 cm³/mol. The molecule has 0 saturated heterocycles. The fraction of sp³-hybridized carbons (Fsp3) is 0.357. The summed E-state index contributed by atoms with van der Waals surface area (Å²) in [5.74, 6) is 0.648. The largest absolute Gasteiger partial charge is 0.398 e. The van der Waals surface area contributed by atoms with E-state index in [1.807, 2.05) is 14.0 Å². The van der Waals surface area contributed by atoms with Gasteiger partial charge in [0.15, 0.2) is 0 Å². The summed E-state index contributed by atoms with van der Waals surface area (Å²) in [7, 11) is -1.83. The van der Waals surface area contributed by atoms with Gasteiger partial charge in [0.05, 0.1) is 11.4 Å². The van der Waals surface area contributed by atoms with E-state index in [9.17, 15) is 8.42 Å². The third kappa shape index (κ3) is 2.93. The molecule has 0 saturated carbocycles. The molecular formula is C14H20N4O2S. The zero-order valence-electron chi connectivity index (χ0n) is 12.6. The molecule has 1 aromatic heterocycles. The molecule has 0 bridgehead atoms. The maximum absolute atomic E-state index is 12.6. The van der Waals surface area contributed by atoms with Gasteiger partial charge in [-0.15, -0.1) is 0 Å². The minimum Gasteiger partial charge on any atom is -0.398 e. The molecule has 1 heterocycles. The van der Waals surface area contributed by atoms with Crippen molar-refractivity contribution in [2.45, 2.75) is 32.2 Å². The van der Waals surface area contributed by atoms with E-state index < -0.39 is 10.0 Å². The number of nitrogen functional groups attached to an aromatic ring is 1. The van der Waals surface area contributed by atoms with Gasteiger partial charge < -0.3 is 10.3 Å². The van der Waals surface area contributed by atoms with Crippen LogP contribution in [0.15, 0.2) is 23.4 Å². The number of sulfonamides is 1. The number of nitrogens with one attached hydrogen (secondary N) is 1. The van der Waals surface area contributed by atoms with Crippen molar-refractivity contribution < 1.29 is 8.42 Å². The highest BCUT2D eigenvalue weighted by molar-refractivity contribution is 7.89. The molecule has 2 rings (SSSR count). The Morgan fingerprint density at radius 3 is 2.52 bits per heavy atom. The third-order valence-electron chi connectivity index (χ3n) is 3.69. The first-order valence-electron chi connectivity index (χ1n) is 6.56. The van der Waals surface area contributed by atoms with E-state index >= 15 is 0 Å². The highest BCUT2D eigenvalue weighted by atomic mass is 32.2. The smallest absolute Gasteiger partial charge is 0.241 e. The lowest BCUT2D eigenvalue weighted by Crippen LogP contribution is -2.26. The molecule has 0 aliphatic carbocycles. The second-order valence-electron chi connectivity index (χ2n) is 5.14. The summed E-state index contributed by atoms with van der Waals surface area (Å²) in [6, 6.07) is 1.79. The Balaban J connectivity index is 2.39. The van der Waals surface area contributed by atoms with Crippen molar-refractivity contribution in [2.24, 2.45) is 7.05 Å². The van der Waals surface area contributed by atoms with Crippen LogP contribution >= 0.6 is 0 Å². The van der Waals surface area contributed by atoms with Crippen LogP contribution in [0, 0.1) is 20.8 Å². The van der Waals surface area contributed by atoms with Crippen molar-refractivity contribution in [3.8, 4) is 0 Å². The number of nitrogens with two attached hydrogens (primary N) is 1. The van der Waals surface area contributed by atoms with Gasteiger partial charge in [0, 0.05) is 25.1 Å². The maximum Gasteiger partial charge on any atom is 0.241 e. The first-order chi connectivity index (χ1) is 9.74. The minimum absolute atomic E-state index is 0.137. The normalized spacial score (nSPS) is 11.8. The molecule has 0 amide bonds. The van der Waals surface area contributed by atoms with Crippen molar-refractivity contribution >= 4 is 15.7 Å².